The second kappa shape index (κ2) is 4.71. The number of benzene rings is 1. The van der Waals surface area contributed by atoms with Crippen LogP contribution in [0.25, 0.3) is 21.3 Å². The van der Waals surface area contributed by atoms with Gasteiger partial charge in [-0.25, -0.2) is 14.8 Å². The number of nitrogen functional groups attached to an aromatic ring is 2. The highest BCUT2D eigenvalue weighted by Gasteiger charge is 2.14. The maximum absolute atomic E-state index is 11.2. The summed E-state index contributed by atoms with van der Waals surface area (Å²) >= 11 is 1.37. The van der Waals surface area contributed by atoms with Gasteiger partial charge in [0.05, 0.1) is 21.5 Å². The first-order valence-corrected chi connectivity index (χ1v) is 6.94. The van der Waals surface area contributed by atoms with Gasteiger partial charge >= 0.3 is 5.97 Å². The Bertz CT molecular complexity index is 873. The van der Waals surface area contributed by atoms with Crippen LogP contribution >= 0.6 is 11.3 Å². The number of carboxylic acids is 1. The van der Waals surface area contributed by atoms with Gasteiger partial charge in [0, 0.05) is 5.56 Å². The molecular weight excluding hydrogens is 288 g/mol. The molecule has 2 heterocycles. The lowest BCUT2D eigenvalue weighted by molar-refractivity contribution is 0.0695. The van der Waals surface area contributed by atoms with E-state index in [1.165, 1.54) is 11.3 Å². The van der Waals surface area contributed by atoms with Crippen LogP contribution in [0.4, 0.5) is 10.9 Å². The van der Waals surface area contributed by atoms with E-state index in [1.54, 1.807) is 13.0 Å². The molecule has 0 fully saturated rings. The fourth-order valence-electron chi connectivity index (χ4n) is 2.18. The summed E-state index contributed by atoms with van der Waals surface area (Å²) in [6.45, 7) is 1.62. The van der Waals surface area contributed by atoms with Crippen molar-refractivity contribution in [3.05, 3.63) is 35.5 Å². The standard InChI is InChI=1S/C14H12N4O2S/c1-6-8(13(19)20)5-9(12(15)17-6)7-2-3-10-11(4-7)21-14(16)18-10/h2-5H,1H3,(H2,15,17)(H2,16,18)(H,19,20). The molecule has 3 aromatic rings. The van der Waals surface area contributed by atoms with Crippen LogP contribution in [0.1, 0.15) is 16.1 Å². The Hall–Kier alpha value is -2.67. The topological polar surface area (TPSA) is 115 Å². The van der Waals surface area contributed by atoms with Crippen molar-refractivity contribution in [1.29, 1.82) is 0 Å². The van der Waals surface area contributed by atoms with Crippen molar-refractivity contribution in [1.82, 2.24) is 9.97 Å². The molecule has 0 amide bonds. The van der Waals surface area contributed by atoms with Gasteiger partial charge in [0.15, 0.2) is 5.13 Å². The van der Waals surface area contributed by atoms with Gasteiger partial charge in [0.1, 0.15) is 5.82 Å². The molecule has 0 saturated carbocycles. The molecule has 106 valence electrons. The van der Waals surface area contributed by atoms with Crippen LogP contribution in [-0.2, 0) is 0 Å². The van der Waals surface area contributed by atoms with Crippen molar-refractivity contribution >= 4 is 38.5 Å². The third kappa shape index (κ3) is 2.27. The summed E-state index contributed by atoms with van der Waals surface area (Å²) in [5, 5.41) is 9.69. The number of hydrogen-bond donors (Lipinski definition) is 3. The number of carboxylic acid groups (broad SMARTS) is 1. The van der Waals surface area contributed by atoms with Crippen LogP contribution in [-0.4, -0.2) is 21.0 Å². The number of pyridine rings is 1. The molecule has 0 radical (unpaired) electrons. The molecular formula is C14H12N4O2S. The zero-order valence-electron chi connectivity index (χ0n) is 11.1. The van der Waals surface area contributed by atoms with Crippen LogP contribution in [0.5, 0.6) is 0 Å². The van der Waals surface area contributed by atoms with Gasteiger partial charge in [-0.1, -0.05) is 17.4 Å². The average Bonchev–Trinajstić information content (AvgIpc) is 2.77. The Morgan fingerprint density at radius 3 is 2.71 bits per heavy atom. The van der Waals surface area contributed by atoms with Crippen LogP contribution in [0.15, 0.2) is 24.3 Å². The van der Waals surface area contributed by atoms with Crippen molar-refractivity contribution in [3.8, 4) is 11.1 Å². The molecule has 3 rings (SSSR count). The highest BCUT2D eigenvalue weighted by atomic mass is 32.1. The minimum absolute atomic E-state index is 0.142. The number of hydrogen-bond acceptors (Lipinski definition) is 6. The van der Waals surface area contributed by atoms with Crippen LogP contribution in [0.3, 0.4) is 0 Å². The van der Waals surface area contributed by atoms with E-state index in [9.17, 15) is 9.90 Å². The average molecular weight is 300 g/mol. The van der Waals surface area contributed by atoms with Gasteiger partial charge in [-0.2, -0.15) is 0 Å². The first-order valence-electron chi connectivity index (χ1n) is 6.12. The highest BCUT2D eigenvalue weighted by Crippen LogP contribution is 2.32. The third-order valence-corrected chi connectivity index (χ3v) is 4.04. The van der Waals surface area contributed by atoms with Gasteiger partial charge in [-0.3, -0.25) is 0 Å². The fraction of sp³-hybridized carbons (Fsp3) is 0.0714. The molecule has 0 atom stereocenters. The number of aromatic nitrogens is 2. The van der Waals surface area contributed by atoms with E-state index in [-0.39, 0.29) is 5.56 Å². The molecule has 7 heteroatoms. The van der Waals surface area contributed by atoms with Gasteiger partial charge < -0.3 is 16.6 Å². The highest BCUT2D eigenvalue weighted by molar-refractivity contribution is 7.22. The van der Waals surface area contributed by atoms with Crippen LogP contribution in [0, 0.1) is 6.92 Å². The number of thiazole rings is 1. The minimum atomic E-state index is -1.02. The third-order valence-electron chi connectivity index (χ3n) is 3.19. The molecule has 0 aliphatic rings. The van der Waals surface area contributed by atoms with Gasteiger partial charge in [-0.15, -0.1) is 0 Å². The maximum atomic E-state index is 11.2. The molecule has 6 nitrogen and oxygen atoms in total. The second-order valence-electron chi connectivity index (χ2n) is 4.59. The molecule has 0 bridgehead atoms. The number of rotatable bonds is 2. The molecule has 2 aromatic heterocycles. The lowest BCUT2D eigenvalue weighted by Crippen LogP contribution is -2.05. The van der Waals surface area contributed by atoms with Crippen molar-refractivity contribution in [3.63, 3.8) is 0 Å². The molecule has 21 heavy (non-hydrogen) atoms. The minimum Gasteiger partial charge on any atom is -0.478 e. The number of carbonyl (C=O) groups is 1. The van der Waals surface area contributed by atoms with Gasteiger partial charge in [0.25, 0.3) is 0 Å². The van der Waals surface area contributed by atoms with E-state index in [0.29, 0.717) is 22.2 Å². The van der Waals surface area contributed by atoms with E-state index >= 15 is 0 Å². The SMILES string of the molecule is Cc1nc(N)c(-c2ccc3nc(N)sc3c2)cc1C(=O)O. The van der Waals surface area contributed by atoms with E-state index < -0.39 is 5.97 Å². The smallest absolute Gasteiger partial charge is 0.337 e. The van der Waals surface area contributed by atoms with E-state index in [4.69, 9.17) is 11.5 Å². The van der Waals surface area contributed by atoms with Gasteiger partial charge in [0.2, 0.25) is 0 Å². The lowest BCUT2D eigenvalue weighted by Gasteiger charge is -2.09. The Morgan fingerprint density at radius 2 is 2.00 bits per heavy atom. The quantitative estimate of drug-likeness (QED) is 0.670. The molecule has 0 aliphatic carbocycles. The number of anilines is 2. The maximum Gasteiger partial charge on any atom is 0.337 e. The predicted molar refractivity (Wildman–Crippen MR) is 83.4 cm³/mol. The Labute approximate surface area is 124 Å². The van der Waals surface area contributed by atoms with E-state index in [2.05, 4.69) is 9.97 Å². The molecule has 0 unspecified atom stereocenters. The van der Waals surface area contributed by atoms with Crippen LogP contribution < -0.4 is 11.5 Å². The van der Waals surface area contributed by atoms with E-state index in [0.717, 1.165) is 15.8 Å². The molecule has 0 saturated heterocycles. The largest absolute Gasteiger partial charge is 0.478 e. The zero-order chi connectivity index (χ0) is 15.1. The monoisotopic (exact) mass is 300 g/mol. The van der Waals surface area contributed by atoms with Crippen molar-refractivity contribution in [2.45, 2.75) is 6.92 Å². The summed E-state index contributed by atoms with van der Waals surface area (Å²) in [5.74, 6) is -0.723. The van der Waals surface area contributed by atoms with Crippen LogP contribution in [0.2, 0.25) is 0 Å². The Balaban J connectivity index is 2.21. The molecule has 5 N–H and O–H groups in total. The lowest BCUT2D eigenvalue weighted by atomic mass is 10.0. The summed E-state index contributed by atoms with van der Waals surface area (Å²) in [4.78, 5) is 19.5. The number of aromatic carboxylic acids is 1. The summed E-state index contributed by atoms with van der Waals surface area (Å²) < 4.78 is 0.918. The summed E-state index contributed by atoms with van der Waals surface area (Å²) in [6.07, 6.45) is 0. The second-order valence-corrected chi connectivity index (χ2v) is 5.66. The molecule has 0 spiro atoms. The summed E-state index contributed by atoms with van der Waals surface area (Å²) in [7, 11) is 0. The Morgan fingerprint density at radius 1 is 1.24 bits per heavy atom. The number of fused-ring (bicyclic) bond motifs is 1. The Kier molecular flexibility index (Phi) is 2.99. The van der Waals surface area contributed by atoms with Crippen molar-refractivity contribution < 1.29 is 9.90 Å². The molecule has 1 aromatic carbocycles. The normalized spacial score (nSPS) is 10.9. The van der Waals surface area contributed by atoms with Crippen molar-refractivity contribution in [2.24, 2.45) is 0 Å². The summed E-state index contributed by atoms with van der Waals surface area (Å²) in [6, 6.07) is 7.09. The number of aryl methyl sites for hydroxylation is 1. The predicted octanol–water partition coefficient (Wildman–Crippen LogP) is 2.53. The molecule has 0 aliphatic heterocycles. The number of nitrogens with zero attached hydrogens (tertiary/aromatic N) is 2. The first-order chi connectivity index (χ1) is 9.95. The fourth-order valence-corrected chi connectivity index (χ4v) is 2.95. The van der Waals surface area contributed by atoms with E-state index in [1.807, 2.05) is 18.2 Å². The zero-order valence-corrected chi connectivity index (χ0v) is 11.9. The van der Waals surface area contributed by atoms with Gasteiger partial charge in [-0.05, 0) is 30.7 Å². The van der Waals surface area contributed by atoms with Crippen molar-refractivity contribution in [2.75, 3.05) is 11.5 Å². The number of nitrogens with two attached hydrogens (primary N) is 2. The summed E-state index contributed by atoms with van der Waals surface area (Å²) in [5.41, 5.74) is 14.3. The first kappa shape index (κ1) is 13.3.